The molecule has 0 aliphatic heterocycles. The number of esters is 1. The quantitative estimate of drug-likeness (QED) is 0.511. The Bertz CT molecular complexity index is 477. The fraction of sp³-hybridized carbons (Fsp3) is 0.111. The second kappa shape index (κ2) is 5.71. The first-order chi connectivity index (χ1) is 6.81. The number of ether oxygens (including phenoxy) is 1. The molecule has 0 aliphatic rings. The van der Waals surface area contributed by atoms with E-state index in [0.29, 0.717) is 16.8 Å². The Balaban J connectivity index is 0.00000112. The SMILES string of the molecule is O=C(CF)Oc1c[nH]c2ncccc12.[H-].[K+]. The first-order valence-corrected chi connectivity index (χ1v) is 4.00. The van der Waals surface area contributed by atoms with Gasteiger partial charge in [0, 0.05) is 12.4 Å². The van der Waals surface area contributed by atoms with Crippen LogP contribution in [-0.4, -0.2) is 22.6 Å². The fourth-order valence-electron chi connectivity index (χ4n) is 1.17. The van der Waals surface area contributed by atoms with Crippen molar-refractivity contribution in [3.05, 3.63) is 24.5 Å². The van der Waals surface area contributed by atoms with Crippen molar-refractivity contribution in [3.63, 3.8) is 0 Å². The van der Waals surface area contributed by atoms with E-state index in [4.69, 9.17) is 4.74 Å². The number of carbonyl (C=O) groups is 1. The van der Waals surface area contributed by atoms with Gasteiger partial charge in [0.1, 0.15) is 5.65 Å². The van der Waals surface area contributed by atoms with E-state index < -0.39 is 12.6 Å². The van der Waals surface area contributed by atoms with Crippen molar-refractivity contribution in [2.75, 3.05) is 6.67 Å². The number of fused-ring (bicyclic) bond motifs is 1. The Morgan fingerprint density at radius 3 is 3.20 bits per heavy atom. The molecule has 15 heavy (non-hydrogen) atoms. The second-order valence-corrected chi connectivity index (χ2v) is 2.66. The van der Waals surface area contributed by atoms with Crippen LogP contribution in [0.2, 0.25) is 0 Å². The monoisotopic (exact) mass is 234 g/mol. The van der Waals surface area contributed by atoms with Crippen LogP contribution in [0.5, 0.6) is 5.75 Å². The number of aromatic amines is 1. The third-order valence-corrected chi connectivity index (χ3v) is 1.75. The summed E-state index contributed by atoms with van der Waals surface area (Å²) in [4.78, 5) is 17.5. The van der Waals surface area contributed by atoms with Gasteiger partial charge in [-0.2, -0.15) is 0 Å². The van der Waals surface area contributed by atoms with Crippen LogP contribution in [0.3, 0.4) is 0 Å². The molecule has 0 radical (unpaired) electrons. The van der Waals surface area contributed by atoms with Crippen molar-refractivity contribution >= 4 is 17.0 Å². The predicted molar refractivity (Wildman–Crippen MR) is 48.8 cm³/mol. The largest absolute Gasteiger partial charge is 1.00 e. The standard InChI is InChI=1S/C9H7FN2O2.K.H/c10-4-8(13)14-7-5-12-9-6(7)2-1-3-11-9;;/h1-3,5H,4H2,(H,11,12);;/q;+1;-1. The average Bonchev–Trinajstić information content (AvgIpc) is 2.62. The zero-order valence-corrected chi connectivity index (χ0v) is 11.3. The molecule has 4 nitrogen and oxygen atoms in total. The van der Waals surface area contributed by atoms with Gasteiger partial charge in [-0.1, -0.05) is 0 Å². The van der Waals surface area contributed by atoms with Crippen LogP contribution in [0.1, 0.15) is 1.43 Å². The molecule has 2 aromatic rings. The molecule has 0 saturated carbocycles. The molecule has 2 heterocycles. The minimum atomic E-state index is -1.13. The van der Waals surface area contributed by atoms with Gasteiger partial charge in [0.25, 0.3) is 0 Å². The number of nitrogens with one attached hydrogen (secondary N) is 1. The number of rotatable bonds is 2. The van der Waals surface area contributed by atoms with E-state index in [1.165, 1.54) is 6.20 Å². The van der Waals surface area contributed by atoms with Crippen molar-refractivity contribution in [3.8, 4) is 5.75 Å². The second-order valence-electron chi connectivity index (χ2n) is 2.66. The van der Waals surface area contributed by atoms with Crippen LogP contribution < -0.4 is 56.1 Å². The fourth-order valence-corrected chi connectivity index (χ4v) is 1.17. The van der Waals surface area contributed by atoms with E-state index >= 15 is 0 Å². The van der Waals surface area contributed by atoms with E-state index in [2.05, 4.69) is 9.97 Å². The summed E-state index contributed by atoms with van der Waals surface area (Å²) in [5.41, 5.74) is 0.606. The topological polar surface area (TPSA) is 55.0 Å². The molecular weight excluding hydrogens is 226 g/mol. The first kappa shape index (κ1) is 12.8. The molecule has 0 unspecified atom stereocenters. The van der Waals surface area contributed by atoms with Crippen LogP contribution in [-0.2, 0) is 4.79 Å². The van der Waals surface area contributed by atoms with E-state index in [0.717, 1.165) is 0 Å². The number of halogens is 1. The maximum absolute atomic E-state index is 11.9. The van der Waals surface area contributed by atoms with Crippen LogP contribution >= 0.6 is 0 Å². The Hall–Kier alpha value is -0.274. The number of aromatic nitrogens is 2. The predicted octanol–water partition coefficient (Wildman–Crippen LogP) is -1.45. The van der Waals surface area contributed by atoms with E-state index in [-0.39, 0.29) is 52.8 Å². The summed E-state index contributed by atoms with van der Waals surface area (Å²) in [6, 6.07) is 3.45. The minimum Gasteiger partial charge on any atom is -1.00 e. The number of pyridine rings is 1. The number of alkyl halides is 1. The van der Waals surface area contributed by atoms with Gasteiger partial charge in [-0.25, -0.2) is 14.2 Å². The normalized spacial score (nSPS) is 9.67. The summed E-state index contributed by atoms with van der Waals surface area (Å²) in [6.45, 7) is -1.13. The molecule has 1 N–H and O–H groups in total. The van der Waals surface area contributed by atoms with Gasteiger partial charge in [-0.05, 0) is 12.1 Å². The third kappa shape index (κ3) is 2.85. The molecule has 74 valence electrons. The third-order valence-electron chi connectivity index (χ3n) is 1.75. The molecule has 0 fully saturated rings. The number of hydrogen-bond donors (Lipinski definition) is 1. The minimum absolute atomic E-state index is 0. The maximum Gasteiger partial charge on any atom is 1.00 e. The van der Waals surface area contributed by atoms with Crippen molar-refractivity contribution in [2.24, 2.45) is 0 Å². The number of H-pyrrole nitrogens is 1. The molecule has 2 aromatic heterocycles. The van der Waals surface area contributed by atoms with Gasteiger partial charge in [-0.3, -0.25) is 0 Å². The molecule has 6 heteroatoms. The summed E-state index contributed by atoms with van der Waals surface area (Å²) in [7, 11) is 0. The molecule has 0 spiro atoms. The summed E-state index contributed by atoms with van der Waals surface area (Å²) in [5, 5.41) is 0.661. The number of carbonyl (C=O) groups excluding carboxylic acids is 1. The van der Waals surface area contributed by atoms with Crippen LogP contribution in [0.4, 0.5) is 4.39 Å². The molecule has 0 amide bonds. The summed E-state index contributed by atoms with van der Waals surface area (Å²) < 4.78 is 16.6. The van der Waals surface area contributed by atoms with Crippen molar-refractivity contribution in [1.82, 2.24) is 9.97 Å². The zero-order chi connectivity index (χ0) is 9.97. The van der Waals surface area contributed by atoms with Gasteiger partial charge in [0.05, 0.1) is 5.39 Å². The summed E-state index contributed by atoms with van der Waals surface area (Å²) >= 11 is 0. The van der Waals surface area contributed by atoms with E-state index in [9.17, 15) is 9.18 Å². The van der Waals surface area contributed by atoms with Gasteiger partial charge in [0.2, 0.25) is 0 Å². The summed E-state index contributed by atoms with van der Waals surface area (Å²) in [6.07, 6.45) is 3.09. The zero-order valence-electron chi connectivity index (χ0n) is 9.16. The molecular formula is C9H8FKN2O2. The van der Waals surface area contributed by atoms with Gasteiger partial charge in [0.15, 0.2) is 12.4 Å². The molecule has 0 aromatic carbocycles. The first-order valence-electron chi connectivity index (χ1n) is 4.00. The molecule has 0 aliphatic carbocycles. The van der Waals surface area contributed by atoms with Crippen molar-refractivity contribution < 1.29 is 66.7 Å². The van der Waals surface area contributed by atoms with Crippen LogP contribution in [0.25, 0.3) is 11.0 Å². The summed E-state index contributed by atoms with van der Waals surface area (Å²) in [5.74, 6) is -0.606. The van der Waals surface area contributed by atoms with Gasteiger partial charge >= 0.3 is 57.4 Å². The van der Waals surface area contributed by atoms with E-state index in [1.807, 2.05) is 0 Å². The Kier molecular flexibility index (Phi) is 4.87. The van der Waals surface area contributed by atoms with Crippen LogP contribution in [0, 0.1) is 0 Å². The smallest absolute Gasteiger partial charge is 1.00 e. The van der Waals surface area contributed by atoms with Gasteiger partial charge in [-0.15, -0.1) is 0 Å². The van der Waals surface area contributed by atoms with Crippen LogP contribution in [0.15, 0.2) is 24.5 Å². The number of nitrogens with zero attached hydrogens (tertiary/aromatic N) is 1. The Labute approximate surface area is 129 Å². The molecule has 0 bridgehead atoms. The Morgan fingerprint density at radius 2 is 2.47 bits per heavy atom. The van der Waals surface area contributed by atoms with Crippen molar-refractivity contribution in [1.29, 1.82) is 0 Å². The van der Waals surface area contributed by atoms with E-state index in [1.54, 1.807) is 18.3 Å². The molecule has 2 rings (SSSR count). The maximum atomic E-state index is 11.9. The molecule has 0 atom stereocenters. The Morgan fingerprint density at radius 1 is 1.67 bits per heavy atom. The van der Waals surface area contributed by atoms with Gasteiger partial charge < -0.3 is 11.1 Å². The number of hydrogen-bond acceptors (Lipinski definition) is 3. The molecule has 0 saturated heterocycles. The average molecular weight is 234 g/mol. The van der Waals surface area contributed by atoms with Crippen molar-refractivity contribution in [2.45, 2.75) is 0 Å².